The average Bonchev–Trinajstić information content (AvgIpc) is 3.75. The topological polar surface area (TPSA) is 3.24 Å². The van der Waals surface area contributed by atoms with Gasteiger partial charge in [0.2, 0.25) is 0 Å². The molecule has 2 fully saturated rings. The van der Waals surface area contributed by atoms with Crippen LogP contribution in [0.4, 0.5) is 17.1 Å². The number of nitrogens with zero attached hydrogens (tertiary/aromatic N) is 1. The van der Waals surface area contributed by atoms with E-state index >= 15 is 0 Å². The first kappa shape index (κ1) is 17.4. The van der Waals surface area contributed by atoms with Gasteiger partial charge in [0.25, 0.3) is 0 Å². The fourth-order valence-corrected chi connectivity index (χ4v) is 7.71. The lowest BCUT2D eigenvalue weighted by Crippen LogP contribution is -2.31. The molecule has 0 N–H and O–H groups in total. The smallest absolute Gasteiger partial charge is 0.0645 e. The molecule has 3 atom stereocenters. The van der Waals surface area contributed by atoms with E-state index in [9.17, 15) is 0 Å². The Morgan fingerprint density at radius 1 is 0.632 bits per heavy atom. The molecule has 3 aliphatic carbocycles. The van der Waals surface area contributed by atoms with Crippen LogP contribution in [-0.4, -0.2) is 0 Å². The van der Waals surface area contributed by atoms with Crippen LogP contribution >= 0.6 is 0 Å². The quantitative estimate of drug-likeness (QED) is 0.240. The Labute approximate surface area is 232 Å². The van der Waals surface area contributed by atoms with Crippen LogP contribution in [0.15, 0.2) is 127 Å². The number of hydrogen-bond acceptors (Lipinski definition) is 1. The van der Waals surface area contributed by atoms with Gasteiger partial charge in [-0.05, 0) is 101 Å². The summed E-state index contributed by atoms with van der Waals surface area (Å²) < 4.78 is 43.0. The van der Waals surface area contributed by atoms with Crippen molar-refractivity contribution in [1.82, 2.24) is 0 Å². The predicted molar refractivity (Wildman–Crippen MR) is 158 cm³/mol. The van der Waals surface area contributed by atoms with Crippen LogP contribution in [0, 0.1) is 11.8 Å². The Morgan fingerprint density at radius 3 is 2.11 bits per heavy atom. The third kappa shape index (κ3) is 3.18. The molecule has 0 radical (unpaired) electrons. The Morgan fingerprint density at radius 2 is 1.34 bits per heavy atom. The largest absolute Gasteiger partial charge is 0.310 e. The van der Waals surface area contributed by atoms with Crippen molar-refractivity contribution in [2.75, 3.05) is 4.90 Å². The number of benzene rings is 5. The molecule has 3 unspecified atom stereocenters. The second-order valence-corrected chi connectivity index (χ2v) is 11.0. The van der Waals surface area contributed by atoms with E-state index in [2.05, 4.69) is 48.5 Å². The number of hydrogen-bond donors (Lipinski definition) is 0. The summed E-state index contributed by atoms with van der Waals surface area (Å²) in [5.74, 6) is 1.32. The summed E-state index contributed by atoms with van der Waals surface area (Å²) in [6.45, 7) is 0. The van der Waals surface area contributed by atoms with Crippen molar-refractivity contribution in [2.24, 2.45) is 11.8 Å². The molecule has 38 heavy (non-hydrogen) atoms. The third-order valence-electron chi connectivity index (χ3n) is 9.23. The van der Waals surface area contributed by atoms with Crippen molar-refractivity contribution in [2.45, 2.75) is 31.1 Å². The maximum atomic E-state index is 8.91. The Kier molecular flexibility index (Phi) is 3.88. The molecule has 0 amide bonds. The Balaban J connectivity index is 1.34. The van der Waals surface area contributed by atoms with E-state index in [-0.39, 0.29) is 41.3 Å². The monoisotopic (exact) mass is 494 g/mol. The molecule has 8 rings (SSSR count). The molecule has 1 nitrogen and oxygen atoms in total. The zero-order valence-electron chi connectivity index (χ0n) is 26.2. The van der Waals surface area contributed by atoms with Gasteiger partial charge in [-0.15, -0.1) is 0 Å². The molecule has 0 heterocycles. The highest BCUT2D eigenvalue weighted by molar-refractivity contribution is 5.86. The molecule has 184 valence electrons. The lowest BCUT2D eigenvalue weighted by molar-refractivity contribution is 0.327. The summed E-state index contributed by atoms with van der Waals surface area (Å²) in [7, 11) is 0. The SMILES string of the molecule is [2H]c1c([2H])c([2H])c(N(c2ccc(-c3ccccc3)cc2)c2ccc3c(c2)C2(CC4CCC2C4)c2ccccc2-3)c([2H])c1[2H]. The second kappa shape index (κ2) is 8.46. The van der Waals surface area contributed by atoms with E-state index in [1.807, 2.05) is 53.4 Å². The van der Waals surface area contributed by atoms with Crippen molar-refractivity contribution < 1.29 is 6.85 Å². The summed E-state index contributed by atoms with van der Waals surface area (Å²) >= 11 is 0. The normalized spacial score (nSPS) is 24.3. The molecule has 0 aliphatic heterocycles. The van der Waals surface area contributed by atoms with Crippen molar-refractivity contribution >= 4 is 17.1 Å². The standard InChI is InChI=1S/C37H31N/c1-3-9-27(10-4-1)28-16-19-31(20-17-28)38(30-11-5-2-6-12-30)32-21-22-34-33-13-7-8-14-35(33)37(36(34)24-32)25-26-15-18-29(37)23-26/h1-14,16-17,19-22,24,26,29H,15,18,23,25H2/i2D,5D,6D,11D,12D. The molecule has 0 saturated heterocycles. The van der Waals surface area contributed by atoms with Crippen LogP contribution in [0.5, 0.6) is 0 Å². The fourth-order valence-electron chi connectivity index (χ4n) is 7.71. The van der Waals surface area contributed by atoms with Gasteiger partial charge in [0.05, 0.1) is 6.85 Å². The van der Waals surface area contributed by atoms with Crippen molar-refractivity contribution in [3.8, 4) is 22.3 Å². The molecule has 1 spiro atoms. The zero-order valence-corrected chi connectivity index (χ0v) is 21.2. The van der Waals surface area contributed by atoms with Crippen LogP contribution in [-0.2, 0) is 5.41 Å². The van der Waals surface area contributed by atoms with Gasteiger partial charge in [0.15, 0.2) is 0 Å². The first-order valence-corrected chi connectivity index (χ1v) is 13.7. The minimum absolute atomic E-state index is 0.0342. The highest BCUT2D eigenvalue weighted by Gasteiger charge is 2.56. The number of para-hydroxylation sites is 1. The molecular formula is C37H31N. The summed E-state index contributed by atoms with van der Waals surface area (Å²) in [4.78, 5) is 1.86. The third-order valence-corrected chi connectivity index (χ3v) is 9.23. The molecule has 5 aromatic rings. The van der Waals surface area contributed by atoms with Gasteiger partial charge in [-0.1, -0.05) is 97.3 Å². The van der Waals surface area contributed by atoms with Gasteiger partial charge in [-0.2, -0.15) is 0 Å². The highest BCUT2D eigenvalue weighted by Crippen LogP contribution is 2.66. The van der Waals surface area contributed by atoms with Gasteiger partial charge in [-0.3, -0.25) is 0 Å². The average molecular weight is 495 g/mol. The van der Waals surface area contributed by atoms with Crippen LogP contribution < -0.4 is 4.90 Å². The van der Waals surface area contributed by atoms with E-state index in [4.69, 9.17) is 6.85 Å². The van der Waals surface area contributed by atoms with Crippen molar-refractivity contribution in [3.63, 3.8) is 0 Å². The summed E-state index contributed by atoms with van der Waals surface area (Å²) in [6.07, 6.45) is 4.93. The van der Waals surface area contributed by atoms with Gasteiger partial charge in [0, 0.05) is 22.5 Å². The van der Waals surface area contributed by atoms with Crippen LogP contribution in [0.3, 0.4) is 0 Å². The van der Waals surface area contributed by atoms with Crippen LogP contribution in [0.2, 0.25) is 0 Å². The van der Waals surface area contributed by atoms with Crippen LogP contribution in [0.1, 0.15) is 43.7 Å². The fraction of sp³-hybridized carbons (Fsp3) is 0.189. The first-order valence-electron chi connectivity index (χ1n) is 16.2. The molecule has 5 aromatic carbocycles. The summed E-state index contributed by atoms with van der Waals surface area (Å²) in [5, 5.41) is 0. The van der Waals surface area contributed by atoms with Gasteiger partial charge >= 0.3 is 0 Å². The maximum Gasteiger partial charge on any atom is 0.0645 e. The van der Waals surface area contributed by atoms with Gasteiger partial charge < -0.3 is 4.90 Å². The second-order valence-electron chi connectivity index (χ2n) is 11.0. The first-order chi connectivity index (χ1) is 20.9. The van der Waals surface area contributed by atoms with E-state index in [1.54, 1.807) is 0 Å². The predicted octanol–water partition coefficient (Wildman–Crippen LogP) is 9.91. The van der Waals surface area contributed by atoms with E-state index < -0.39 is 0 Å². The van der Waals surface area contributed by atoms with Crippen LogP contribution in [0.25, 0.3) is 22.3 Å². The Bertz CT molecular complexity index is 1870. The number of fused-ring (bicyclic) bond motifs is 8. The number of rotatable bonds is 4. The minimum atomic E-state index is -0.386. The molecular weight excluding hydrogens is 458 g/mol. The van der Waals surface area contributed by atoms with Crippen molar-refractivity contribution in [3.05, 3.63) is 138 Å². The van der Waals surface area contributed by atoms with E-state index in [0.29, 0.717) is 5.92 Å². The summed E-state index contributed by atoms with van der Waals surface area (Å²) in [6, 6.07) is 32.0. The number of anilines is 3. The van der Waals surface area contributed by atoms with Gasteiger partial charge in [0.1, 0.15) is 0 Å². The lowest BCUT2D eigenvalue weighted by atomic mass is 9.67. The molecule has 1 heteroatoms. The van der Waals surface area contributed by atoms with Gasteiger partial charge in [-0.25, -0.2) is 0 Å². The molecule has 2 saturated carbocycles. The maximum absolute atomic E-state index is 8.91. The van der Waals surface area contributed by atoms with E-state index in [0.717, 1.165) is 34.8 Å². The van der Waals surface area contributed by atoms with E-state index in [1.165, 1.54) is 41.5 Å². The minimum Gasteiger partial charge on any atom is -0.310 e. The van der Waals surface area contributed by atoms with Crippen molar-refractivity contribution in [1.29, 1.82) is 0 Å². The highest BCUT2D eigenvalue weighted by atomic mass is 15.1. The molecule has 2 bridgehead atoms. The summed E-state index contributed by atoms with van der Waals surface area (Å²) in [5.41, 5.74) is 9.13. The lowest BCUT2D eigenvalue weighted by Gasteiger charge is -2.37. The zero-order chi connectivity index (χ0) is 29.5. The Hall–Kier alpha value is -4.10. The molecule has 0 aromatic heterocycles. The molecule has 3 aliphatic rings.